The molecule has 1 heterocycles. The highest BCUT2D eigenvalue weighted by Gasteiger charge is 2.09. The van der Waals surface area contributed by atoms with Crippen molar-refractivity contribution in [2.45, 2.75) is 18.9 Å². The van der Waals surface area contributed by atoms with E-state index in [-0.39, 0.29) is 5.96 Å². The summed E-state index contributed by atoms with van der Waals surface area (Å²) >= 11 is 0. The lowest BCUT2D eigenvalue weighted by molar-refractivity contribution is -0.138. The summed E-state index contributed by atoms with van der Waals surface area (Å²) in [6.07, 6.45) is 0.956. The van der Waals surface area contributed by atoms with E-state index in [2.05, 4.69) is 10.3 Å². The first-order valence-electron chi connectivity index (χ1n) is 4.78. The molecule has 0 aromatic carbocycles. The van der Waals surface area contributed by atoms with E-state index >= 15 is 0 Å². The van der Waals surface area contributed by atoms with Crippen molar-refractivity contribution in [3.63, 3.8) is 0 Å². The second-order valence-corrected chi connectivity index (χ2v) is 3.14. The summed E-state index contributed by atoms with van der Waals surface area (Å²) in [7, 11) is 0. The minimum absolute atomic E-state index is 0.0129. The van der Waals surface area contributed by atoms with Gasteiger partial charge in [-0.3, -0.25) is 9.79 Å². The number of carboxylic acid groups (broad SMARTS) is 1. The van der Waals surface area contributed by atoms with Crippen LogP contribution in [0.3, 0.4) is 0 Å². The third kappa shape index (κ3) is 12.7. The highest BCUT2D eigenvalue weighted by atomic mass is 16.4. The SMILES string of the molecule is C1CN1.NC(N)=NCCCC(N)C(=O)O. The van der Waals surface area contributed by atoms with Gasteiger partial charge in [0.15, 0.2) is 5.96 Å². The number of aliphatic carboxylic acids is 1. The molecule has 15 heavy (non-hydrogen) atoms. The molecule has 0 bridgehead atoms. The molecule has 88 valence electrons. The molecule has 0 aromatic heterocycles. The molecule has 0 aliphatic carbocycles. The predicted octanol–water partition coefficient (Wildman–Crippen LogP) is -1.96. The molecule has 7 heteroatoms. The number of hydrogen-bond donors (Lipinski definition) is 5. The molecule has 1 aliphatic heterocycles. The zero-order chi connectivity index (χ0) is 11.7. The first-order valence-corrected chi connectivity index (χ1v) is 4.78. The predicted molar refractivity (Wildman–Crippen MR) is 58.4 cm³/mol. The Bertz CT molecular complexity index is 210. The quantitative estimate of drug-likeness (QED) is 0.156. The van der Waals surface area contributed by atoms with Crippen LogP contribution in [0.1, 0.15) is 12.8 Å². The van der Waals surface area contributed by atoms with Crippen molar-refractivity contribution in [2.24, 2.45) is 22.2 Å². The summed E-state index contributed by atoms with van der Waals surface area (Å²) in [6, 6.07) is -0.820. The van der Waals surface area contributed by atoms with Crippen molar-refractivity contribution < 1.29 is 9.90 Å². The van der Waals surface area contributed by atoms with Gasteiger partial charge < -0.3 is 27.6 Å². The Hall–Kier alpha value is -1.34. The fraction of sp³-hybridized carbons (Fsp3) is 0.750. The van der Waals surface area contributed by atoms with E-state index in [1.807, 2.05) is 0 Å². The molecule has 1 rings (SSSR count). The van der Waals surface area contributed by atoms with Gasteiger partial charge in [0.05, 0.1) is 0 Å². The van der Waals surface area contributed by atoms with Crippen LogP contribution in [0.5, 0.6) is 0 Å². The lowest BCUT2D eigenvalue weighted by atomic mass is 10.2. The number of carbonyl (C=O) groups is 1. The molecule has 0 amide bonds. The summed E-state index contributed by atoms with van der Waals surface area (Å²) in [5.74, 6) is -0.987. The normalized spacial score (nSPS) is 14.5. The van der Waals surface area contributed by atoms with Crippen LogP contribution in [0.2, 0.25) is 0 Å². The van der Waals surface area contributed by atoms with Gasteiger partial charge in [0.1, 0.15) is 6.04 Å². The highest BCUT2D eigenvalue weighted by molar-refractivity contribution is 5.75. The number of nitrogens with zero attached hydrogens (tertiary/aromatic N) is 1. The molecule has 1 saturated heterocycles. The maximum atomic E-state index is 10.2. The molecular formula is C8H19N5O2. The molecule has 1 atom stereocenters. The second-order valence-electron chi connectivity index (χ2n) is 3.14. The van der Waals surface area contributed by atoms with E-state index in [9.17, 15) is 4.79 Å². The third-order valence-electron chi connectivity index (χ3n) is 1.53. The highest BCUT2D eigenvalue weighted by Crippen LogP contribution is 1.94. The fourth-order valence-corrected chi connectivity index (χ4v) is 0.643. The minimum Gasteiger partial charge on any atom is -0.480 e. The van der Waals surface area contributed by atoms with Crippen LogP contribution in [0.4, 0.5) is 0 Å². The van der Waals surface area contributed by atoms with Crippen LogP contribution in [0, 0.1) is 0 Å². The van der Waals surface area contributed by atoms with E-state index in [0.29, 0.717) is 19.4 Å². The lowest BCUT2D eigenvalue weighted by Crippen LogP contribution is -2.30. The Morgan fingerprint density at radius 2 is 2.00 bits per heavy atom. The maximum absolute atomic E-state index is 10.2. The zero-order valence-corrected chi connectivity index (χ0v) is 8.65. The number of carboxylic acids is 1. The minimum atomic E-state index is -1.00. The number of guanidine groups is 1. The smallest absolute Gasteiger partial charge is 0.320 e. The van der Waals surface area contributed by atoms with Crippen molar-refractivity contribution in [1.29, 1.82) is 0 Å². The van der Waals surface area contributed by atoms with Gasteiger partial charge in [-0.15, -0.1) is 0 Å². The van der Waals surface area contributed by atoms with E-state index in [1.54, 1.807) is 0 Å². The number of aliphatic imine (C=N–C) groups is 1. The molecule has 0 radical (unpaired) electrons. The first kappa shape index (κ1) is 13.7. The molecule has 1 aliphatic rings. The molecule has 0 aromatic rings. The molecule has 1 unspecified atom stereocenters. The molecule has 8 N–H and O–H groups in total. The Morgan fingerprint density at radius 3 is 2.33 bits per heavy atom. The summed E-state index contributed by atoms with van der Waals surface area (Å²) in [4.78, 5) is 13.9. The third-order valence-corrected chi connectivity index (χ3v) is 1.53. The summed E-state index contributed by atoms with van der Waals surface area (Å²) in [6.45, 7) is 2.92. The van der Waals surface area contributed by atoms with Crippen molar-refractivity contribution in [3.8, 4) is 0 Å². The van der Waals surface area contributed by atoms with Gasteiger partial charge in [-0.2, -0.15) is 0 Å². The van der Waals surface area contributed by atoms with E-state index in [0.717, 1.165) is 0 Å². The van der Waals surface area contributed by atoms with Crippen molar-refractivity contribution in [3.05, 3.63) is 0 Å². The number of hydrogen-bond acceptors (Lipinski definition) is 4. The van der Waals surface area contributed by atoms with Gasteiger partial charge >= 0.3 is 5.97 Å². The molecule has 1 fully saturated rings. The zero-order valence-electron chi connectivity index (χ0n) is 8.65. The van der Waals surface area contributed by atoms with Crippen LogP contribution in [0.15, 0.2) is 4.99 Å². The Balaban J connectivity index is 0.000000548. The topological polar surface area (TPSA) is 150 Å². The number of nitrogens with one attached hydrogen (secondary N) is 1. The average Bonchev–Trinajstić information content (AvgIpc) is 2.97. The Labute approximate surface area is 88.7 Å². The number of rotatable bonds is 5. The monoisotopic (exact) mass is 217 g/mol. The first-order chi connectivity index (χ1) is 7.04. The summed E-state index contributed by atoms with van der Waals surface area (Å²) in [5.41, 5.74) is 15.3. The second kappa shape index (κ2) is 8.01. The van der Waals surface area contributed by atoms with Crippen molar-refractivity contribution in [2.75, 3.05) is 19.6 Å². The number of nitrogens with two attached hydrogens (primary N) is 3. The van der Waals surface area contributed by atoms with Crippen LogP contribution in [0.25, 0.3) is 0 Å². The van der Waals surface area contributed by atoms with Gasteiger partial charge in [0.25, 0.3) is 0 Å². The van der Waals surface area contributed by atoms with E-state index in [1.165, 1.54) is 13.1 Å². The average molecular weight is 217 g/mol. The van der Waals surface area contributed by atoms with Gasteiger partial charge in [0, 0.05) is 19.6 Å². The van der Waals surface area contributed by atoms with E-state index in [4.69, 9.17) is 22.3 Å². The van der Waals surface area contributed by atoms with Gasteiger partial charge in [-0.25, -0.2) is 0 Å². The largest absolute Gasteiger partial charge is 0.480 e. The molecule has 7 nitrogen and oxygen atoms in total. The van der Waals surface area contributed by atoms with E-state index < -0.39 is 12.0 Å². The van der Waals surface area contributed by atoms with Crippen LogP contribution in [-0.2, 0) is 4.79 Å². The fourth-order valence-electron chi connectivity index (χ4n) is 0.643. The van der Waals surface area contributed by atoms with Gasteiger partial charge in [0.2, 0.25) is 0 Å². The molecule has 0 spiro atoms. The van der Waals surface area contributed by atoms with Crippen LogP contribution >= 0.6 is 0 Å². The Kier molecular flexibility index (Phi) is 7.29. The van der Waals surface area contributed by atoms with Gasteiger partial charge in [-0.1, -0.05) is 0 Å². The standard InChI is InChI=1S/C6H14N4O2.C2H5N/c7-4(5(11)12)2-1-3-10-6(8)9;1-2-3-1/h4H,1-3,7H2,(H,11,12)(H4,8,9,10);3H,1-2H2. The maximum Gasteiger partial charge on any atom is 0.320 e. The Morgan fingerprint density at radius 1 is 1.47 bits per heavy atom. The van der Waals surface area contributed by atoms with Crippen LogP contribution < -0.4 is 22.5 Å². The van der Waals surface area contributed by atoms with Crippen molar-refractivity contribution in [1.82, 2.24) is 5.32 Å². The molecule has 0 saturated carbocycles. The summed E-state index contributed by atoms with van der Waals surface area (Å²) < 4.78 is 0. The van der Waals surface area contributed by atoms with Crippen LogP contribution in [-0.4, -0.2) is 42.7 Å². The molecular weight excluding hydrogens is 198 g/mol. The lowest BCUT2D eigenvalue weighted by Gasteiger charge is -2.03. The summed E-state index contributed by atoms with van der Waals surface area (Å²) in [5, 5.41) is 11.4. The van der Waals surface area contributed by atoms with Gasteiger partial charge in [-0.05, 0) is 12.8 Å². The van der Waals surface area contributed by atoms with Crippen molar-refractivity contribution >= 4 is 11.9 Å².